The second-order valence-corrected chi connectivity index (χ2v) is 6.08. The summed E-state index contributed by atoms with van der Waals surface area (Å²) in [6, 6.07) is 9.47. The number of hydrogen-bond acceptors (Lipinski definition) is 1. The van der Waals surface area contributed by atoms with Crippen LogP contribution in [0.5, 0.6) is 0 Å². The van der Waals surface area contributed by atoms with Crippen molar-refractivity contribution >= 4 is 15.9 Å². The molecule has 1 nitrogen and oxygen atoms in total. The number of benzene rings is 2. The third-order valence-corrected chi connectivity index (χ3v) is 4.50. The Kier molecular flexibility index (Phi) is 3.38. The maximum absolute atomic E-state index is 13.7. The van der Waals surface area contributed by atoms with Gasteiger partial charge in [-0.25, -0.2) is 8.78 Å². The Balaban J connectivity index is 1.96. The molecule has 0 aromatic heterocycles. The van der Waals surface area contributed by atoms with Crippen LogP contribution in [0.4, 0.5) is 8.78 Å². The molecule has 0 aliphatic heterocycles. The van der Waals surface area contributed by atoms with E-state index in [2.05, 4.69) is 15.9 Å². The molecule has 0 amide bonds. The molecule has 1 aliphatic rings. The van der Waals surface area contributed by atoms with Crippen LogP contribution in [0.15, 0.2) is 40.9 Å². The Labute approximate surface area is 124 Å². The van der Waals surface area contributed by atoms with Gasteiger partial charge in [0.25, 0.3) is 0 Å². The van der Waals surface area contributed by atoms with Gasteiger partial charge >= 0.3 is 0 Å². The monoisotopic (exact) mass is 338 g/mol. The highest BCUT2D eigenvalue weighted by molar-refractivity contribution is 9.10. The van der Waals surface area contributed by atoms with Gasteiger partial charge in [0.2, 0.25) is 0 Å². The molecule has 4 heteroatoms. The summed E-state index contributed by atoms with van der Waals surface area (Å²) in [6.45, 7) is 0. The van der Waals surface area contributed by atoms with E-state index >= 15 is 0 Å². The minimum absolute atomic E-state index is 0.265. The lowest BCUT2D eigenvalue weighted by Crippen LogP contribution is -2.25. The third kappa shape index (κ3) is 2.27. The van der Waals surface area contributed by atoms with Crippen molar-refractivity contribution in [3.8, 4) is 0 Å². The summed E-state index contributed by atoms with van der Waals surface area (Å²) in [5.41, 5.74) is 0.987. The zero-order valence-electron chi connectivity index (χ0n) is 10.7. The SMILES string of the molecule is OC1(Cc2ccc(F)c(Br)c2)CCc2c(F)cccc21. The Morgan fingerprint density at radius 1 is 1.15 bits per heavy atom. The van der Waals surface area contributed by atoms with Crippen molar-refractivity contribution in [2.75, 3.05) is 0 Å². The lowest BCUT2D eigenvalue weighted by molar-refractivity contribution is 0.0389. The van der Waals surface area contributed by atoms with Gasteiger partial charge in [0.05, 0.1) is 10.1 Å². The predicted molar refractivity (Wildman–Crippen MR) is 76.4 cm³/mol. The first-order valence-electron chi connectivity index (χ1n) is 6.44. The van der Waals surface area contributed by atoms with Gasteiger partial charge < -0.3 is 5.11 Å². The largest absolute Gasteiger partial charge is 0.385 e. The second-order valence-electron chi connectivity index (χ2n) is 5.22. The minimum atomic E-state index is -1.07. The third-order valence-electron chi connectivity index (χ3n) is 3.89. The van der Waals surface area contributed by atoms with Crippen molar-refractivity contribution in [3.05, 3.63) is 69.2 Å². The van der Waals surface area contributed by atoms with Gasteiger partial charge in [-0.05, 0) is 63.7 Å². The standard InChI is InChI=1S/C16H13BrF2O/c17-13-8-10(4-5-15(13)19)9-16(20)7-6-11-12(16)2-1-3-14(11)18/h1-5,8,20H,6-7,9H2. The molecule has 0 saturated heterocycles. The van der Waals surface area contributed by atoms with Crippen molar-refractivity contribution in [1.82, 2.24) is 0 Å². The predicted octanol–water partition coefficient (Wildman–Crippen LogP) is 4.10. The van der Waals surface area contributed by atoms with Crippen LogP contribution in [-0.4, -0.2) is 5.11 Å². The summed E-state index contributed by atoms with van der Waals surface area (Å²) < 4.78 is 27.3. The molecule has 2 aromatic rings. The molecule has 0 spiro atoms. The molecule has 1 unspecified atom stereocenters. The quantitative estimate of drug-likeness (QED) is 0.873. The Morgan fingerprint density at radius 2 is 1.95 bits per heavy atom. The lowest BCUT2D eigenvalue weighted by atomic mass is 9.89. The van der Waals surface area contributed by atoms with Gasteiger partial charge in [-0.2, -0.15) is 0 Å². The van der Waals surface area contributed by atoms with Gasteiger partial charge in [-0.3, -0.25) is 0 Å². The molecule has 0 radical (unpaired) electrons. The Hall–Kier alpha value is -1.26. The molecule has 1 aliphatic carbocycles. The zero-order chi connectivity index (χ0) is 14.3. The molecule has 0 fully saturated rings. The number of halogens is 3. The molecular formula is C16H13BrF2O. The van der Waals surface area contributed by atoms with E-state index in [1.165, 1.54) is 12.1 Å². The fourth-order valence-corrected chi connectivity index (χ4v) is 3.31. The molecule has 0 saturated carbocycles. The molecule has 0 bridgehead atoms. The molecule has 0 heterocycles. The van der Waals surface area contributed by atoms with Crippen LogP contribution >= 0.6 is 15.9 Å². The van der Waals surface area contributed by atoms with Gasteiger partial charge in [0.15, 0.2) is 0 Å². The molecule has 1 N–H and O–H groups in total. The van der Waals surface area contributed by atoms with Gasteiger partial charge in [0, 0.05) is 6.42 Å². The van der Waals surface area contributed by atoms with Crippen LogP contribution in [0, 0.1) is 11.6 Å². The van der Waals surface area contributed by atoms with Crippen LogP contribution in [0.3, 0.4) is 0 Å². The maximum Gasteiger partial charge on any atom is 0.137 e. The summed E-state index contributed by atoms with van der Waals surface area (Å²) in [6.07, 6.45) is 1.36. The summed E-state index contributed by atoms with van der Waals surface area (Å²) in [7, 11) is 0. The van der Waals surface area contributed by atoms with Crippen molar-refractivity contribution in [1.29, 1.82) is 0 Å². The average molecular weight is 339 g/mol. The topological polar surface area (TPSA) is 20.2 Å². The number of fused-ring (bicyclic) bond motifs is 1. The number of hydrogen-bond donors (Lipinski definition) is 1. The minimum Gasteiger partial charge on any atom is -0.385 e. The molecule has 104 valence electrons. The zero-order valence-corrected chi connectivity index (χ0v) is 12.3. The van der Waals surface area contributed by atoms with E-state index < -0.39 is 5.60 Å². The molecule has 20 heavy (non-hydrogen) atoms. The van der Waals surface area contributed by atoms with Crippen molar-refractivity contribution in [2.45, 2.75) is 24.9 Å². The van der Waals surface area contributed by atoms with Crippen molar-refractivity contribution < 1.29 is 13.9 Å². The van der Waals surface area contributed by atoms with E-state index in [-0.39, 0.29) is 11.6 Å². The first-order valence-corrected chi connectivity index (χ1v) is 7.23. The first-order chi connectivity index (χ1) is 9.49. The summed E-state index contributed by atoms with van der Waals surface area (Å²) in [4.78, 5) is 0. The smallest absolute Gasteiger partial charge is 0.137 e. The molecular weight excluding hydrogens is 326 g/mol. The van der Waals surface area contributed by atoms with Gasteiger partial charge in [-0.1, -0.05) is 18.2 Å². The van der Waals surface area contributed by atoms with Crippen molar-refractivity contribution in [3.63, 3.8) is 0 Å². The highest BCUT2D eigenvalue weighted by Crippen LogP contribution is 2.40. The van der Waals surface area contributed by atoms with Crippen LogP contribution in [-0.2, 0) is 18.4 Å². The normalized spacial score (nSPS) is 21.0. The van der Waals surface area contributed by atoms with Crippen molar-refractivity contribution in [2.24, 2.45) is 0 Å². The first kappa shape index (κ1) is 13.7. The van der Waals surface area contributed by atoms with Gasteiger partial charge in [0.1, 0.15) is 11.6 Å². The summed E-state index contributed by atoms with van der Waals surface area (Å²) in [5.74, 6) is -0.600. The Bertz CT molecular complexity index is 672. The van der Waals surface area contributed by atoms with E-state index in [4.69, 9.17) is 0 Å². The highest BCUT2D eigenvalue weighted by Gasteiger charge is 2.38. The Morgan fingerprint density at radius 3 is 2.70 bits per heavy atom. The molecule has 2 aromatic carbocycles. The van der Waals surface area contributed by atoms with E-state index in [0.29, 0.717) is 34.9 Å². The lowest BCUT2D eigenvalue weighted by Gasteiger charge is -2.24. The maximum atomic E-state index is 13.7. The average Bonchev–Trinajstić information content (AvgIpc) is 2.73. The fourth-order valence-electron chi connectivity index (χ4n) is 2.89. The van der Waals surface area contributed by atoms with Crippen LogP contribution in [0.2, 0.25) is 0 Å². The van der Waals surface area contributed by atoms with E-state index in [9.17, 15) is 13.9 Å². The fraction of sp³-hybridized carbons (Fsp3) is 0.250. The molecule has 3 rings (SSSR count). The highest BCUT2D eigenvalue weighted by atomic mass is 79.9. The second kappa shape index (κ2) is 4.93. The van der Waals surface area contributed by atoms with E-state index in [1.807, 2.05) is 0 Å². The molecule has 1 atom stereocenters. The van der Waals surface area contributed by atoms with E-state index in [0.717, 1.165) is 5.56 Å². The van der Waals surface area contributed by atoms with Crippen LogP contribution in [0.1, 0.15) is 23.1 Å². The number of rotatable bonds is 2. The summed E-state index contributed by atoms with van der Waals surface area (Å²) >= 11 is 3.14. The number of aliphatic hydroxyl groups is 1. The summed E-state index contributed by atoms with van der Waals surface area (Å²) in [5, 5.41) is 10.8. The van der Waals surface area contributed by atoms with Crippen LogP contribution in [0.25, 0.3) is 0 Å². The van der Waals surface area contributed by atoms with Gasteiger partial charge in [-0.15, -0.1) is 0 Å². The van der Waals surface area contributed by atoms with Crippen LogP contribution < -0.4 is 0 Å². The van der Waals surface area contributed by atoms with E-state index in [1.54, 1.807) is 24.3 Å².